The van der Waals surface area contributed by atoms with Gasteiger partial charge in [-0.3, -0.25) is 4.79 Å². The molecule has 1 amide bonds. The molecule has 1 aromatic heterocycles. The van der Waals surface area contributed by atoms with E-state index < -0.39 is 5.41 Å². The molecule has 0 spiro atoms. The van der Waals surface area contributed by atoms with Gasteiger partial charge in [0, 0.05) is 22.3 Å². The van der Waals surface area contributed by atoms with Crippen molar-refractivity contribution in [3.8, 4) is 11.5 Å². The van der Waals surface area contributed by atoms with Crippen molar-refractivity contribution in [2.75, 3.05) is 5.32 Å². The van der Waals surface area contributed by atoms with E-state index in [-0.39, 0.29) is 11.7 Å². The van der Waals surface area contributed by atoms with Crippen molar-refractivity contribution in [3.05, 3.63) is 83.1 Å². The molecule has 0 aliphatic carbocycles. The van der Waals surface area contributed by atoms with Crippen LogP contribution in [0.15, 0.2) is 71.1 Å². The molecule has 1 heterocycles. The van der Waals surface area contributed by atoms with Gasteiger partial charge in [-0.05, 0) is 61.9 Å². The summed E-state index contributed by atoms with van der Waals surface area (Å²) in [6.45, 7) is 3.65. The van der Waals surface area contributed by atoms with Gasteiger partial charge in [-0.15, -0.1) is 0 Å². The van der Waals surface area contributed by atoms with Gasteiger partial charge in [0.25, 0.3) is 0 Å². The van der Waals surface area contributed by atoms with Crippen LogP contribution in [0, 0.1) is 5.82 Å². The number of anilines is 1. The van der Waals surface area contributed by atoms with Crippen LogP contribution in [0.3, 0.4) is 0 Å². The fourth-order valence-corrected chi connectivity index (χ4v) is 3.47. The van der Waals surface area contributed by atoms with E-state index in [0.29, 0.717) is 33.3 Å². The lowest BCUT2D eigenvalue weighted by molar-refractivity contribution is -0.120. The summed E-state index contributed by atoms with van der Waals surface area (Å²) in [7, 11) is 0. The summed E-state index contributed by atoms with van der Waals surface area (Å²) in [6.07, 6.45) is 0. The number of nitrogens with zero attached hydrogens (tertiary/aromatic N) is 1. The minimum Gasteiger partial charge on any atom is -0.436 e. The number of aromatic nitrogens is 1. The van der Waals surface area contributed by atoms with Crippen LogP contribution >= 0.6 is 11.6 Å². The van der Waals surface area contributed by atoms with E-state index in [4.69, 9.17) is 16.0 Å². The predicted molar refractivity (Wildman–Crippen MR) is 113 cm³/mol. The van der Waals surface area contributed by atoms with Crippen molar-refractivity contribution in [1.82, 2.24) is 4.98 Å². The van der Waals surface area contributed by atoms with Crippen LogP contribution in [0.5, 0.6) is 0 Å². The average molecular weight is 409 g/mol. The van der Waals surface area contributed by atoms with Crippen molar-refractivity contribution >= 4 is 34.3 Å². The zero-order chi connectivity index (χ0) is 20.6. The number of carbonyl (C=O) groups excluding carboxylic acids is 1. The summed E-state index contributed by atoms with van der Waals surface area (Å²) in [5, 5.41) is 3.47. The number of carbonyl (C=O) groups is 1. The molecular formula is C23H18ClFN2O2. The van der Waals surface area contributed by atoms with E-state index in [9.17, 15) is 9.18 Å². The van der Waals surface area contributed by atoms with Gasteiger partial charge in [0.05, 0.1) is 5.41 Å². The number of fused-ring (bicyclic) bond motifs is 1. The van der Waals surface area contributed by atoms with E-state index in [1.807, 2.05) is 32.0 Å². The normalized spacial score (nSPS) is 11.6. The monoisotopic (exact) mass is 408 g/mol. The lowest BCUT2D eigenvalue weighted by Gasteiger charge is -2.25. The number of benzene rings is 3. The first-order chi connectivity index (χ1) is 13.8. The number of rotatable bonds is 4. The first-order valence-electron chi connectivity index (χ1n) is 9.07. The largest absolute Gasteiger partial charge is 0.436 e. The predicted octanol–water partition coefficient (Wildman–Crippen LogP) is 6.20. The highest BCUT2D eigenvalue weighted by Crippen LogP contribution is 2.32. The van der Waals surface area contributed by atoms with Gasteiger partial charge < -0.3 is 9.73 Å². The summed E-state index contributed by atoms with van der Waals surface area (Å²) in [6, 6.07) is 18.5. The zero-order valence-corrected chi connectivity index (χ0v) is 16.6. The fourth-order valence-electron chi connectivity index (χ4n) is 3.10. The van der Waals surface area contributed by atoms with Crippen molar-refractivity contribution in [2.24, 2.45) is 0 Å². The molecule has 0 saturated carbocycles. The van der Waals surface area contributed by atoms with Crippen molar-refractivity contribution < 1.29 is 13.6 Å². The van der Waals surface area contributed by atoms with Crippen LogP contribution in [-0.2, 0) is 10.2 Å². The Morgan fingerprint density at radius 2 is 1.79 bits per heavy atom. The second-order valence-corrected chi connectivity index (χ2v) is 7.67. The Balaban J connectivity index is 1.60. The standard InChI is InChI=1S/C23H18ClFN2O2/c1-23(2,17-5-3-4-6-18(17)24)22(28)26-16-11-12-19-20(13-16)29-21(27-19)14-7-9-15(25)10-8-14/h3-13H,1-2H3,(H,26,28). The Morgan fingerprint density at radius 3 is 2.52 bits per heavy atom. The van der Waals surface area contributed by atoms with Gasteiger partial charge in [-0.2, -0.15) is 0 Å². The first kappa shape index (κ1) is 19.2. The third kappa shape index (κ3) is 3.74. The number of nitrogens with one attached hydrogen (secondary N) is 1. The van der Waals surface area contributed by atoms with Gasteiger partial charge in [-0.1, -0.05) is 29.8 Å². The number of oxazole rings is 1. The smallest absolute Gasteiger partial charge is 0.234 e. The molecule has 0 aliphatic heterocycles. The Kier molecular flexibility index (Phi) is 4.84. The third-order valence-corrected chi connectivity index (χ3v) is 5.18. The Morgan fingerprint density at radius 1 is 1.07 bits per heavy atom. The molecule has 0 fully saturated rings. The molecule has 0 unspecified atom stereocenters. The Labute approximate surface area is 172 Å². The zero-order valence-electron chi connectivity index (χ0n) is 15.9. The van der Waals surface area contributed by atoms with Gasteiger partial charge in [-0.25, -0.2) is 9.37 Å². The average Bonchev–Trinajstić information content (AvgIpc) is 3.12. The maximum Gasteiger partial charge on any atom is 0.234 e. The van der Waals surface area contributed by atoms with Crippen molar-refractivity contribution in [3.63, 3.8) is 0 Å². The highest BCUT2D eigenvalue weighted by atomic mass is 35.5. The molecule has 6 heteroatoms. The van der Waals surface area contributed by atoms with E-state index >= 15 is 0 Å². The van der Waals surface area contributed by atoms with Crippen molar-refractivity contribution in [1.29, 1.82) is 0 Å². The minimum absolute atomic E-state index is 0.191. The molecule has 0 saturated heterocycles. The molecule has 4 nitrogen and oxygen atoms in total. The van der Waals surface area contributed by atoms with E-state index in [1.54, 1.807) is 36.4 Å². The highest BCUT2D eigenvalue weighted by Gasteiger charge is 2.31. The molecule has 0 atom stereocenters. The van der Waals surface area contributed by atoms with E-state index in [2.05, 4.69) is 10.3 Å². The second-order valence-electron chi connectivity index (χ2n) is 7.27. The molecule has 0 bridgehead atoms. The summed E-state index contributed by atoms with van der Waals surface area (Å²) < 4.78 is 18.9. The van der Waals surface area contributed by atoms with Crippen molar-refractivity contribution in [2.45, 2.75) is 19.3 Å². The van der Waals surface area contributed by atoms with Crippen LogP contribution in [0.2, 0.25) is 5.02 Å². The maximum atomic E-state index is 13.1. The lowest BCUT2D eigenvalue weighted by Crippen LogP contribution is -2.35. The highest BCUT2D eigenvalue weighted by molar-refractivity contribution is 6.31. The molecule has 29 heavy (non-hydrogen) atoms. The molecular weight excluding hydrogens is 391 g/mol. The fraction of sp³-hybridized carbons (Fsp3) is 0.130. The minimum atomic E-state index is -0.825. The Hall–Kier alpha value is -3.18. The van der Waals surface area contributed by atoms with Crippen LogP contribution < -0.4 is 5.32 Å². The van der Waals surface area contributed by atoms with Gasteiger partial charge in [0.1, 0.15) is 11.3 Å². The van der Waals surface area contributed by atoms with Crippen LogP contribution in [-0.4, -0.2) is 10.9 Å². The lowest BCUT2D eigenvalue weighted by atomic mass is 9.83. The SMILES string of the molecule is CC(C)(C(=O)Nc1ccc2nc(-c3ccc(F)cc3)oc2c1)c1ccccc1Cl. The van der Waals surface area contributed by atoms with Gasteiger partial charge >= 0.3 is 0 Å². The molecule has 3 aromatic carbocycles. The third-order valence-electron chi connectivity index (χ3n) is 4.85. The molecule has 0 radical (unpaired) electrons. The van der Waals surface area contributed by atoms with Crippen LogP contribution in [0.4, 0.5) is 10.1 Å². The number of hydrogen-bond donors (Lipinski definition) is 1. The number of amides is 1. The van der Waals surface area contributed by atoms with E-state index in [1.165, 1.54) is 12.1 Å². The van der Waals surface area contributed by atoms with Crippen LogP contribution in [0.25, 0.3) is 22.6 Å². The molecule has 1 N–H and O–H groups in total. The second kappa shape index (κ2) is 7.33. The molecule has 146 valence electrons. The van der Waals surface area contributed by atoms with Crippen LogP contribution in [0.1, 0.15) is 19.4 Å². The maximum absolute atomic E-state index is 13.1. The molecule has 4 aromatic rings. The molecule has 0 aliphatic rings. The van der Waals surface area contributed by atoms with Gasteiger partial charge in [0.15, 0.2) is 5.58 Å². The van der Waals surface area contributed by atoms with E-state index in [0.717, 1.165) is 5.56 Å². The first-order valence-corrected chi connectivity index (χ1v) is 9.45. The summed E-state index contributed by atoms with van der Waals surface area (Å²) in [5.41, 5.74) is 2.36. The summed E-state index contributed by atoms with van der Waals surface area (Å²) in [5.74, 6) is -0.126. The topological polar surface area (TPSA) is 55.1 Å². The number of halogens is 2. The quantitative estimate of drug-likeness (QED) is 0.437. The summed E-state index contributed by atoms with van der Waals surface area (Å²) >= 11 is 6.28. The van der Waals surface area contributed by atoms with Gasteiger partial charge in [0.2, 0.25) is 11.8 Å². The number of hydrogen-bond acceptors (Lipinski definition) is 3. The Bertz CT molecular complexity index is 1200. The summed E-state index contributed by atoms with van der Waals surface area (Å²) in [4.78, 5) is 17.4. The molecule has 4 rings (SSSR count).